The molecule has 1 aliphatic heterocycles. The Labute approximate surface area is 109 Å². The number of hydrogen-bond acceptors (Lipinski definition) is 1. The summed E-state index contributed by atoms with van der Waals surface area (Å²) >= 11 is -0.552. The summed E-state index contributed by atoms with van der Waals surface area (Å²) < 4.78 is 6.19. The normalized spacial score (nSPS) is 18.3. The molecule has 2 heteroatoms. The number of halogens is 1. The van der Waals surface area contributed by atoms with E-state index in [1.165, 1.54) is 55.1 Å². The van der Waals surface area contributed by atoms with Crippen molar-refractivity contribution in [1.82, 2.24) is 3.53 Å². The van der Waals surface area contributed by atoms with Crippen molar-refractivity contribution in [3.63, 3.8) is 0 Å². The number of allylic oxidation sites excluding steroid dienone is 2. The Bertz CT molecular complexity index is 205. The van der Waals surface area contributed by atoms with Crippen molar-refractivity contribution in [3.05, 3.63) is 11.6 Å². The van der Waals surface area contributed by atoms with Gasteiger partial charge in [0.25, 0.3) is 0 Å². The number of unbranched alkanes of at least 4 members (excludes halogenated alkanes) is 3. The summed E-state index contributed by atoms with van der Waals surface area (Å²) in [5.74, 6) is 0. The zero-order valence-electron chi connectivity index (χ0n) is 11.2. The van der Waals surface area contributed by atoms with Crippen molar-refractivity contribution in [2.45, 2.75) is 69.6 Å². The number of rotatable bonds is 9. The molecule has 0 saturated carbocycles. The molecule has 1 unspecified atom stereocenters. The zero-order chi connectivity index (χ0) is 11.8. The van der Waals surface area contributed by atoms with Crippen molar-refractivity contribution < 1.29 is 0 Å². The maximum absolute atomic E-state index is 3.63. The van der Waals surface area contributed by atoms with Gasteiger partial charge in [0.05, 0.1) is 0 Å². The van der Waals surface area contributed by atoms with Gasteiger partial charge in [0.2, 0.25) is 0 Å². The second-order valence-corrected chi connectivity index (χ2v) is 10.5. The number of alkyl halides is 2. The summed E-state index contributed by atoms with van der Waals surface area (Å²) in [5.41, 5.74) is 1.47. The summed E-state index contributed by atoms with van der Waals surface area (Å²) in [6.45, 7) is 6.73. The molecule has 1 saturated heterocycles. The van der Waals surface area contributed by atoms with E-state index in [2.05, 4.69) is 30.4 Å². The van der Waals surface area contributed by atoms with E-state index in [0.717, 1.165) is 3.92 Å². The third-order valence-corrected chi connectivity index (χ3v) is 8.05. The third-order valence-electron chi connectivity index (χ3n) is 3.04. The molecule has 0 aromatic heterocycles. The molecule has 96 valence electrons. The van der Waals surface area contributed by atoms with Crippen molar-refractivity contribution in [2.75, 3.05) is 4.55 Å². The molecule has 0 amide bonds. The first kappa shape index (κ1) is 14.5. The molecule has 1 atom stereocenters. The van der Waals surface area contributed by atoms with Gasteiger partial charge in [-0.05, 0) is 0 Å². The second kappa shape index (κ2) is 8.51. The van der Waals surface area contributed by atoms with E-state index >= 15 is 0 Å². The molecule has 0 aromatic rings. The summed E-state index contributed by atoms with van der Waals surface area (Å²) in [4.78, 5) is 0. The first-order valence-electron chi connectivity index (χ1n) is 6.75. The molecule has 0 aromatic carbocycles. The minimum atomic E-state index is -0.552. The molecule has 0 bridgehead atoms. The Kier molecular flexibility index (Phi) is 7.71. The van der Waals surface area contributed by atoms with E-state index in [9.17, 15) is 0 Å². The molecule has 0 aliphatic carbocycles. The predicted molar refractivity (Wildman–Crippen MR) is 83.2 cm³/mol. The zero-order valence-corrected chi connectivity index (χ0v) is 13.3. The van der Waals surface area contributed by atoms with Crippen LogP contribution in [0.25, 0.3) is 0 Å². The molecular weight excluding hydrogens is 309 g/mol. The number of hydrogen-bond donors (Lipinski definition) is 1. The average molecular weight is 337 g/mol. The van der Waals surface area contributed by atoms with Crippen LogP contribution in [0.15, 0.2) is 11.6 Å². The van der Waals surface area contributed by atoms with Crippen molar-refractivity contribution >= 4 is 20.1 Å². The second-order valence-electron chi connectivity index (χ2n) is 4.97. The molecule has 1 rings (SSSR count). The number of nitrogens with one attached hydrogen (secondary N) is 1. The SMILES string of the molecule is CCCC(CCCCCC=C(C)C)I1CN1. The van der Waals surface area contributed by atoms with E-state index in [1.54, 1.807) is 0 Å². The van der Waals surface area contributed by atoms with E-state index in [0.29, 0.717) is 0 Å². The fraction of sp³-hybridized carbons (Fsp3) is 0.857. The Morgan fingerprint density at radius 1 is 1.25 bits per heavy atom. The van der Waals surface area contributed by atoms with Crippen LogP contribution in [0.2, 0.25) is 0 Å². The molecule has 1 nitrogen and oxygen atoms in total. The minimum absolute atomic E-state index is 0.552. The molecule has 0 radical (unpaired) electrons. The van der Waals surface area contributed by atoms with E-state index < -0.39 is 20.1 Å². The first-order chi connectivity index (χ1) is 7.74. The third kappa shape index (κ3) is 6.89. The predicted octanol–water partition coefficient (Wildman–Crippen LogP) is 5.05. The van der Waals surface area contributed by atoms with Gasteiger partial charge in [-0.2, -0.15) is 0 Å². The molecule has 1 N–H and O–H groups in total. The standard InChI is InChI=1S/C14H28IN/c1-4-9-14(15-12-16-15)11-8-6-5-7-10-13(2)3/h10,14,16H,4-9,11-12H2,1-3H3. The first-order valence-corrected chi connectivity index (χ1v) is 10.6. The van der Waals surface area contributed by atoms with Crippen LogP contribution >= 0.6 is 20.1 Å². The van der Waals surface area contributed by atoms with Crippen LogP contribution in [0.5, 0.6) is 0 Å². The van der Waals surface area contributed by atoms with Gasteiger partial charge in [0.1, 0.15) is 0 Å². The van der Waals surface area contributed by atoms with Crippen molar-refractivity contribution in [2.24, 2.45) is 0 Å². The van der Waals surface area contributed by atoms with E-state index in [4.69, 9.17) is 0 Å². The van der Waals surface area contributed by atoms with Gasteiger partial charge in [0.15, 0.2) is 0 Å². The summed E-state index contributed by atoms with van der Waals surface area (Å²) in [6.07, 6.45) is 12.4. The van der Waals surface area contributed by atoms with Crippen LogP contribution in [0.4, 0.5) is 0 Å². The fourth-order valence-electron chi connectivity index (χ4n) is 2.05. The van der Waals surface area contributed by atoms with Gasteiger partial charge in [-0.25, -0.2) is 0 Å². The monoisotopic (exact) mass is 337 g/mol. The quantitative estimate of drug-likeness (QED) is 0.119. The molecule has 1 aliphatic rings. The van der Waals surface area contributed by atoms with Gasteiger partial charge in [-0.1, -0.05) is 0 Å². The maximum atomic E-state index is 3.63. The molecule has 0 spiro atoms. The fourth-order valence-corrected chi connectivity index (χ4v) is 7.14. The van der Waals surface area contributed by atoms with Crippen LogP contribution in [0.3, 0.4) is 0 Å². The molecule has 1 fully saturated rings. The van der Waals surface area contributed by atoms with Crippen LogP contribution in [0.1, 0.15) is 65.7 Å². The summed E-state index contributed by atoms with van der Waals surface area (Å²) in [7, 11) is 0. The van der Waals surface area contributed by atoms with Crippen LogP contribution in [-0.4, -0.2) is 8.48 Å². The van der Waals surface area contributed by atoms with Gasteiger partial charge in [0, 0.05) is 0 Å². The molecule has 1 heterocycles. The Morgan fingerprint density at radius 2 is 2.00 bits per heavy atom. The van der Waals surface area contributed by atoms with Gasteiger partial charge < -0.3 is 0 Å². The van der Waals surface area contributed by atoms with Crippen LogP contribution in [0, 0.1) is 0 Å². The van der Waals surface area contributed by atoms with Gasteiger partial charge >= 0.3 is 109 Å². The van der Waals surface area contributed by atoms with Gasteiger partial charge in [-0.3, -0.25) is 0 Å². The summed E-state index contributed by atoms with van der Waals surface area (Å²) in [5, 5.41) is 0. The molecular formula is C14H28IN. The van der Waals surface area contributed by atoms with Crippen molar-refractivity contribution in [3.8, 4) is 0 Å². The van der Waals surface area contributed by atoms with Crippen molar-refractivity contribution in [1.29, 1.82) is 0 Å². The Balaban J connectivity index is 1.98. The summed E-state index contributed by atoms with van der Waals surface area (Å²) in [6, 6.07) is 0. The van der Waals surface area contributed by atoms with E-state index in [1.807, 2.05) is 0 Å². The van der Waals surface area contributed by atoms with E-state index in [-0.39, 0.29) is 0 Å². The Morgan fingerprint density at radius 3 is 2.56 bits per heavy atom. The van der Waals surface area contributed by atoms with Crippen LogP contribution in [-0.2, 0) is 0 Å². The molecule has 16 heavy (non-hydrogen) atoms. The Hall–Kier alpha value is 0.430. The topological polar surface area (TPSA) is 21.9 Å². The van der Waals surface area contributed by atoms with Gasteiger partial charge in [-0.15, -0.1) is 0 Å². The van der Waals surface area contributed by atoms with Crippen LogP contribution < -0.4 is 3.53 Å². The average Bonchev–Trinajstić information content (AvgIpc) is 3.04.